The molecule has 0 aliphatic heterocycles. The molecule has 3 aromatic carbocycles. The maximum atomic E-state index is 8.83. The Morgan fingerprint density at radius 2 is 1.69 bits per heavy atom. The van der Waals surface area contributed by atoms with Gasteiger partial charge in [-0.1, -0.05) is 63.2 Å². The maximum Gasteiger partial charge on any atom is 0.216 e. The Morgan fingerprint density at radius 1 is 0.943 bits per heavy atom. The van der Waals surface area contributed by atoms with E-state index in [0.717, 1.165) is 55.6 Å². The van der Waals surface area contributed by atoms with Crippen molar-refractivity contribution in [2.75, 3.05) is 0 Å². The van der Waals surface area contributed by atoms with Gasteiger partial charge >= 0.3 is 0 Å². The highest BCUT2D eigenvalue weighted by Gasteiger charge is 2.25. The Kier molecular flexibility index (Phi) is 4.91. The van der Waals surface area contributed by atoms with Gasteiger partial charge in [-0.2, -0.15) is 4.57 Å². The summed E-state index contributed by atoms with van der Waals surface area (Å²) in [6.07, 6.45) is -1.49. The van der Waals surface area contributed by atoms with Crippen LogP contribution < -0.4 is 4.57 Å². The van der Waals surface area contributed by atoms with Crippen LogP contribution in [0.1, 0.15) is 40.3 Å². The third-order valence-electron chi connectivity index (χ3n) is 6.58. The molecule has 0 atom stereocenters. The second kappa shape index (κ2) is 8.40. The van der Waals surface area contributed by atoms with Gasteiger partial charge in [-0.15, -0.1) is 0 Å². The van der Waals surface area contributed by atoms with E-state index < -0.39 is 11.8 Å². The van der Waals surface area contributed by atoms with Crippen LogP contribution in [0.15, 0.2) is 71.1 Å². The van der Waals surface area contributed by atoms with Crippen molar-refractivity contribution in [2.45, 2.75) is 41.0 Å². The van der Waals surface area contributed by atoms with Crippen molar-refractivity contribution in [3.63, 3.8) is 0 Å². The van der Waals surface area contributed by atoms with E-state index in [2.05, 4.69) is 28.5 Å². The number of furan rings is 1. The molecule has 3 nitrogen and oxygen atoms in total. The zero-order valence-electron chi connectivity index (χ0n) is 23.2. The van der Waals surface area contributed by atoms with Gasteiger partial charge in [0.05, 0.1) is 12.1 Å². The molecule has 0 bridgehead atoms. The monoisotopic (exact) mass is 461 g/mol. The van der Waals surface area contributed by atoms with Gasteiger partial charge in [-0.25, -0.2) is 4.85 Å². The maximum absolute atomic E-state index is 8.83. The lowest BCUT2D eigenvalue weighted by Crippen LogP contribution is -2.36. The summed E-state index contributed by atoms with van der Waals surface area (Å²) in [5.41, 5.74) is 8.05. The van der Waals surface area contributed by atoms with Crippen molar-refractivity contribution in [3.8, 4) is 22.4 Å². The topological polar surface area (TPSA) is 21.4 Å². The molecular weight excluding hydrogens is 428 g/mol. The SMILES string of the molecule is [2H]C([2H])(c1ccc(-c2c(C)ccc3c2oc2c(-c4ccccc4)cc([N+]#[C-])cc23)[n+](C)c1C)C(C)(C)C. The van der Waals surface area contributed by atoms with Gasteiger partial charge in [-0.3, -0.25) is 0 Å². The minimum absolute atomic E-state index is 0.546. The summed E-state index contributed by atoms with van der Waals surface area (Å²) in [4.78, 5) is 3.74. The first-order valence-electron chi connectivity index (χ1n) is 12.9. The van der Waals surface area contributed by atoms with E-state index in [1.165, 1.54) is 0 Å². The lowest BCUT2D eigenvalue weighted by molar-refractivity contribution is -0.667. The average Bonchev–Trinajstić information content (AvgIpc) is 3.23. The van der Waals surface area contributed by atoms with E-state index in [9.17, 15) is 0 Å². The largest absolute Gasteiger partial charge is 0.455 e. The Bertz CT molecular complexity index is 1720. The fourth-order valence-corrected chi connectivity index (χ4v) is 4.78. The second-order valence-electron chi connectivity index (χ2n) is 10.2. The fraction of sp³-hybridized carbons (Fsp3) is 0.250. The summed E-state index contributed by atoms with van der Waals surface area (Å²) in [7, 11) is 1.99. The van der Waals surface area contributed by atoms with Crippen LogP contribution in [0.3, 0.4) is 0 Å². The lowest BCUT2D eigenvalue weighted by atomic mass is 9.87. The summed E-state index contributed by atoms with van der Waals surface area (Å²) in [5, 5.41) is 1.88. The van der Waals surface area contributed by atoms with Crippen LogP contribution >= 0.6 is 0 Å². The Morgan fingerprint density at radius 3 is 2.37 bits per heavy atom. The van der Waals surface area contributed by atoms with E-state index in [-0.39, 0.29) is 0 Å². The smallest absolute Gasteiger partial charge is 0.216 e. The highest BCUT2D eigenvalue weighted by Crippen LogP contribution is 2.42. The fourth-order valence-electron chi connectivity index (χ4n) is 4.78. The van der Waals surface area contributed by atoms with Crippen molar-refractivity contribution in [2.24, 2.45) is 12.5 Å². The summed E-state index contributed by atoms with van der Waals surface area (Å²) in [6, 6.07) is 21.9. The molecule has 2 aromatic heterocycles. The number of hydrogen-bond acceptors (Lipinski definition) is 1. The molecule has 0 saturated carbocycles. The first-order chi connectivity index (χ1) is 17.5. The van der Waals surface area contributed by atoms with Gasteiger partial charge in [0.2, 0.25) is 5.69 Å². The third kappa shape index (κ3) is 4.00. The van der Waals surface area contributed by atoms with Crippen molar-refractivity contribution in [3.05, 3.63) is 95.0 Å². The number of fused-ring (bicyclic) bond motifs is 3. The molecule has 5 aromatic rings. The minimum Gasteiger partial charge on any atom is -0.455 e. The quantitative estimate of drug-likeness (QED) is 0.195. The molecule has 0 aliphatic carbocycles. The van der Waals surface area contributed by atoms with E-state index in [1.807, 2.05) is 89.3 Å². The molecule has 0 aliphatic rings. The minimum atomic E-state index is -1.49. The van der Waals surface area contributed by atoms with Gasteiger partial charge in [0.15, 0.2) is 11.4 Å². The molecule has 0 saturated heterocycles. The zero-order valence-corrected chi connectivity index (χ0v) is 21.2. The van der Waals surface area contributed by atoms with Crippen molar-refractivity contribution >= 4 is 27.6 Å². The van der Waals surface area contributed by atoms with Gasteiger partial charge in [-0.05, 0) is 48.0 Å². The zero-order chi connectivity index (χ0) is 26.7. The van der Waals surface area contributed by atoms with Crippen molar-refractivity contribution < 1.29 is 11.7 Å². The van der Waals surface area contributed by atoms with Crippen LogP contribution in [0.25, 0.3) is 49.2 Å². The van der Waals surface area contributed by atoms with Gasteiger partial charge < -0.3 is 4.42 Å². The number of benzene rings is 3. The average molecular weight is 462 g/mol. The normalized spacial score (nSPS) is 13.1. The number of hydrogen-bond donors (Lipinski definition) is 0. The molecule has 0 N–H and O–H groups in total. The summed E-state index contributed by atoms with van der Waals surface area (Å²) >= 11 is 0. The van der Waals surface area contributed by atoms with E-state index in [0.29, 0.717) is 11.3 Å². The van der Waals surface area contributed by atoms with E-state index in [4.69, 9.17) is 13.7 Å². The molecular formula is C32H31N2O+. The van der Waals surface area contributed by atoms with E-state index in [1.54, 1.807) is 0 Å². The van der Waals surface area contributed by atoms with Gasteiger partial charge in [0, 0.05) is 37.6 Å². The molecule has 0 fully saturated rings. The first kappa shape index (κ1) is 20.5. The highest BCUT2D eigenvalue weighted by atomic mass is 16.3. The molecule has 0 radical (unpaired) electrons. The summed E-state index contributed by atoms with van der Waals surface area (Å²) < 4.78 is 26.4. The molecule has 174 valence electrons. The highest BCUT2D eigenvalue weighted by molar-refractivity contribution is 6.14. The van der Waals surface area contributed by atoms with Crippen LogP contribution in [0.2, 0.25) is 0 Å². The second-order valence-corrected chi connectivity index (χ2v) is 10.2. The Balaban J connectivity index is 1.82. The molecule has 3 heteroatoms. The number of rotatable bonds is 3. The summed E-state index contributed by atoms with van der Waals surface area (Å²) in [6.45, 7) is 17.5. The van der Waals surface area contributed by atoms with Gasteiger partial charge in [0.1, 0.15) is 18.2 Å². The van der Waals surface area contributed by atoms with Crippen molar-refractivity contribution in [1.29, 1.82) is 0 Å². The first-order valence-corrected chi connectivity index (χ1v) is 11.9. The predicted molar refractivity (Wildman–Crippen MR) is 145 cm³/mol. The van der Waals surface area contributed by atoms with Crippen LogP contribution in [0.4, 0.5) is 5.69 Å². The van der Waals surface area contributed by atoms with Crippen LogP contribution in [0.5, 0.6) is 0 Å². The van der Waals surface area contributed by atoms with Gasteiger partial charge in [0.25, 0.3) is 0 Å². The van der Waals surface area contributed by atoms with Crippen LogP contribution in [-0.2, 0) is 13.4 Å². The molecule has 2 heterocycles. The van der Waals surface area contributed by atoms with E-state index >= 15 is 0 Å². The molecule has 0 unspecified atom stereocenters. The molecule has 5 rings (SSSR count). The lowest BCUT2D eigenvalue weighted by Gasteiger charge is -2.19. The van der Waals surface area contributed by atoms with Crippen LogP contribution in [0, 0.1) is 25.8 Å². The molecule has 35 heavy (non-hydrogen) atoms. The number of pyridine rings is 1. The standard InChI is InChI=1S/C32H31N2O/c1-20-13-15-25-27-18-24(33-6)17-26(22-11-9-8-10-12-22)30(27)35-31(25)29(20)28-16-14-23(19-32(3,4)5)21(2)34(28)7/h8-18H,19H2,1-5,7H3/q+1/i19D2. The van der Waals surface area contributed by atoms with Crippen molar-refractivity contribution in [1.82, 2.24) is 0 Å². The predicted octanol–water partition coefficient (Wildman–Crippen LogP) is 8.50. The number of nitrogens with zero attached hydrogens (tertiary/aromatic N) is 2. The number of aryl methyl sites for hydroxylation is 1. The number of aromatic nitrogens is 1. The Hall–Kier alpha value is -3.90. The third-order valence-corrected chi connectivity index (χ3v) is 6.58. The summed E-state index contributed by atoms with van der Waals surface area (Å²) in [5.74, 6) is 0. The van der Waals surface area contributed by atoms with Crippen LogP contribution in [-0.4, -0.2) is 0 Å². The Labute approximate surface area is 210 Å². The molecule has 0 amide bonds. The molecule has 0 spiro atoms.